The Bertz CT molecular complexity index is 658. The quantitative estimate of drug-likeness (QED) is 0.681. The second kappa shape index (κ2) is 5.42. The van der Waals surface area contributed by atoms with E-state index < -0.39 is 0 Å². The summed E-state index contributed by atoms with van der Waals surface area (Å²) < 4.78 is 1.53. The van der Waals surface area contributed by atoms with E-state index in [4.69, 9.17) is 5.73 Å². The van der Waals surface area contributed by atoms with Crippen LogP contribution in [0.2, 0.25) is 0 Å². The van der Waals surface area contributed by atoms with Crippen LogP contribution in [0.5, 0.6) is 0 Å². The van der Waals surface area contributed by atoms with E-state index in [1.54, 1.807) is 18.3 Å². The number of imidazole rings is 1. The zero-order chi connectivity index (χ0) is 15.0. The van der Waals surface area contributed by atoms with Crippen LogP contribution in [-0.2, 0) is 6.54 Å². The monoisotopic (exact) mass is 289 g/mol. The molecule has 0 amide bonds. The lowest BCUT2D eigenvalue weighted by Crippen LogP contribution is -2.45. The summed E-state index contributed by atoms with van der Waals surface area (Å²) in [6, 6.07) is 5.50. The molecule has 7 heteroatoms. The number of rotatable bonds is 3. The third-order valence-corrected chi connectivity index (χ3v) is 3.89. The molecule has 1 aliphatic heterocycles. The van der Waals surface area contributed by atoms with Crippen molar-refractivity contribution in [3.8, 4) is 0 Å². The zero-order valence-electron chi connectivity index (χ0n) is 12.0. The van der Waals surface area contributed by atoms with Gasteiger partial charge in [0.2, 0.25) is 5.65 Å². The first kappa shape index (κ1) is 14.0. The number of pyridine rings is 1. The van der Waals surface area contributed by atoms with Gasteiger partial charge < -0.3 is 15.8 Å². The fourth-order valence-electron chi connectivity index (χ4n) is 3.18. The van der Waals surface area contributed by atoms with E-state index in [1.165, 1.54) is 4.40 Å². The molecule has 0 aromatic carbocycles. The van der Waals surface area contributed by atoms with Gasteiger partial charge >= 0.3 is 5.82 Å². The van der Waals surface area contributed by atoms with Gasteiger partial charge in [-0.2, -0.15) is 4.40 Å². The highest BCUT2D eigenvalue weighted by molar-refractivity contribution is 5.48. The molecule has 7 nitrogen and oxygen atoms in total. The summed E-state index contributed by atoms with van der Waals surface area (Å²) in [4.78, 5) is 17.6. The van der Waals surface area contributed by atoms with Crippen molar-refractivity contribution in [1.29, 1.82) is 0 Å². The minimum Gasteiger partial charge on any atom is -0.358 e. The van der Waals surface area contributed by atoms with E-state index in [1.807, 2.05) is 6.07 Å². The largest absolute Gasteiger partial charge is 0.358 e. The van der Waals surface area contributed by atoms with Gasteiger partial charge in [0.05, 0.1) is 6.20 Å². The van der Waals surface area contributed by atoms with Crippen molar-refractivity contribution in [3.63, 3.8) is 0 Å². The highest BCUT2D eigenvalue weighted by Crippen LogP contribution is 2.24. The molecule has 2 atom stereocenters. The Morgan fingerprint density at radius 2 is 2.29 bits per heavy atom. The van der Waals surface area contributed by atoms with E-state index >= 15 is 0 Å². The maximum absolute atomic E-state index is 11.4. The van der Waals surface area contributed by atoms with Gasteiger partial charge in [-0.1, -0.05) is 13.0 Å². The summed E-state index contributed by atoms with van der Waals surface area (Å²) in [5, 5.41) is 11.4. The first-order valence-electron chi connectivity index (χ1n) is 7.13. The van der Waals surface area contributed by atoms with E-state index in [9.17, 15) is 10.1 Å². The van der Waals surface area contributed by atoms with Crippen LogP contribution >= 0.6 is 0 Å². The zero-order valence-corrected chi connectivity index (χ0v) is 12.0. The van der Waals surface area contributed by atoms with Crippen molar-refractivity contribution in [2.24, 2.45) is 11.7 Å². The van der Waals surface area contributed by atoms with Crippen LogP contribution in [0.4, 0.5) is 5.82 Å². The summed E-state index contributed by atoms with van der Waals surface area (Å²) in [5.41, 5.74) is 7.15. The van der Waals surface area contributed by atoms with Crippen LogP contribution in [0.1, 0.15) is 19.0 Å². The van der Waals surface area contributed by atoms with Gasteiger partial charge in [0.1, 0.15) is 0 Å². The second-order valence-electron chi connectivity index (χ2n) is 5.86. The molecule has 3 rings (SSSR count). The first-order chi connectivity index (χ1) is 10.0. The summed E-state index contributed by atoms with van der Waals surface area (Å²) >= 11 is 0. The molecule has 0 aliphatic carbocycles. The van der Waals surface area contributed by atoms with Crippen molar-refractivity contribution >= 4 is 11.5 Å². The van der Waals surface area contributed by atoms with Crippen LogP contribution in [0.25, 0.3) is 5.65 Å². The van der Waals surface area contributed by atoms with Crippen LogP contribution in [0.15, 0.2) is 24.4 Å². The molecule has 0 spiro atoms. The Morgan fingerprint density at radius 1 is 1.48 bits per heavy atom. The number of piperidine rings is 1. The number of hydrogen-bond donors (Lipinski definition) is 1. The maximum atomic E-state index is 11.4. The number of nitrogens with zero attached hydrogens (tertiary/aromatic N) is 4. The lowest BCUT2D eigenvalue weighted by Gasteiger charge is -2.34. The molecule has 0 bridgehead atoms. The van der Waals surface area contributed by atoms with Gasteiger partial charge in [-0.05, 0) is 23.3 Å². The first-order valence-corrected chi connectivity index (χ1v) is 7.13. The van der Waals surface area contributed by atoms with Crippen LogP contribution in [-0.4, -0.2) is 38.3 Å². The van der Waals surface area contributed by atoms with Crippen LogP contribution in [0, 0.1) is 16.0 Å². The number of nitrogens with two attached hydrogens (primary N) is 1. The Hall–Kier alpha value is -1.99. The lowest BCUT2D eigenvalue weighted by molar-refractivity contribution is -0.391. The Labute approximate surface area is 122 Å². The van der Waals surface area contributed by atoms with Gasteiger partial charge in [0, 0.05) is 31.7 Å². The van der Waals surface area contributed by atoms with Crippen molar-refractivity contribution in [2.75, 3.05) is 13.1 Å². The molecule has 112 valence electrons. The minimum absolute atomic E-state index is 0.0531. The highest BCUT2D eigenvalue weighted by atomic mass is 16.6. The number of nitro groups is 1. The van der Waals surface area contributed by atoms with Crippen molar-refractivity contribution < 1.29 is 4.92 Å². The molecule has 2 unspecified atom stereocenters. The summed E-state index contributed by atoms with van der Waals surface area (Å²) in [6.45, 7) is 4.29. The maximum Gasteiger partial charge on any atom is 0.352 e. The van der Waals surface area contributed by atoms with Gasteiger partial charge in [-0.3, -0.25) is 4.90 Å². The van der Waals surface area contributed by atoms with Gasteiger partial charge in [0.15, 0.2) is 5.69 Å². The van der Waals surface area contributed by atoms with Gasteiger partial charge in [0.25, 0.3) is 0 Å². The second-order valence-corrected chi connectivity index (χ2v) is 5.86. The van der Waals surface area contributed by atoms with E-state index in [-0.39, 0.29) is 16.8 Å². The SMILES string of the molecule is CC1CC(N)CN(Cc2nc3ccccn3c2[N+](=O)[O-])C1. The third kappa shape index (κ3) is 2.74. The normalized spacial score (nSPS) is 23.5. The minimum atomic E-state index is -0.358. The molecule has 2 aromatic heterocycles. The molecular weight excluding hydrogens is 270 g/mol. The number of fused-ring (bicyclic) bond motifs is 1. The van der Waals surface area contributed by atoms with E-state index in [0.29, 0.717) is 23.8 Å². The lowest BCUT2D eigenvalue weighted by atomic mass is 9.96. The van der Waals surface area contributed by atoms with E-state index in [2.05, 4.69) is 16.8 Å². The smallest absolute Gasteiger partial charge is 0.352 e. The van der Waals surface area contributed by atoms with Gasteiger partial charge in [-0.25, -0.2) is 4.98 Å². The summed E-state index contributed by atoms with van der Waals surface area (Å²) in [7, 11) is 0. The number of aromatic nitrogens is 2. The average molecular weight is 289 g/mol. The molecule has 3 heterocycles. The Balaban J connectivity index is 1.93. The molecular formula is C14H19N5O2. The van der Waals surface area contributed by atoms with Gasteiger partial charge in [-0.15, -0.1) is 0 Å². The Kier molecular flexibility index (Phi) is 3.60. The molecule has 2 N–H and O–H groups in total. The number of likely N-dealkylation sites (tertiary alicyclic amines) is 1. The molecule has 1 fully saturated rings. The van der Waals surface area contributed by atoms with Crippen molar-refractivity contribution in [1.82, 2.24) is 14.3 Å². The van der Waals surface area contributed by atoms with Crippen molar-refractivity contribution in [2.45, 2.75) is 25.9 Å². The molecule has 0 saturated carbocycles. The molecule has 0 radical (unpaired) electrons. The van der Waals surface area contributed by atoms with Crippen LogP contribution < -0.4 is 5.73 Å². The summed E-state index contributed by atoms with van der Waals surface area (Å²) in [5.74, 6) is 0.558. The average Bonchev–Trinajstić information content (AvgIpc) is 2.75. The Morgan fingerprint density at radius 3 is 3.00 bits per heavy atom. The molecule has 1 saturated heterocycles. The molecule has 2 aromatic rings. The highest BCUT2D eigenvalue weighted by Gasteiger charge is 2.27. The number of hydrogen-bond acceptors (Lipinski definition) is 5. The van der Waals surface area contributed by atoms with E-state index in [0.717, 1.165) is 19.5 Å². The fourth-order valence-corrected chi connectivity index (χ4v) is 3.18. The predicted octanol–water partition coefficient (Wildman–Crippen LogP) is 1.41. The topological polar surface area (TPSA) is 89.7 Å². The standard InChI is InChI=1S/C14H19N5O2/c1-10-6-11(15)8-17(7-10)9-12-14(19(20)21)18-5-3-2-4-13(18)16-12/h2-5,10-11H,6-9,15H2,1H3. The predicted molar refractivity (Wildman–Crippen MR) is 78.9 cm³/mol. The van der Waals surface area contributed by atoms with Crippen molar-refractivity contribution in [3.05, 3.63) is 40.2 Å². The molecule has 21 heavy (non-hydrogen) atoms. The van der Waals surface area contributed by atoms with Crippen LogP contribution in [0.3, 0.4) is 0 Å². The fraction of sp³-hybridized carbons (Fsp3) is 0.500. The third-order valence-electron chi connectivity index (χ3n) is 3.89. The summed E-state index contributed by atoms with van der Waals surface area (Å²) in [6.07, 6.45) is 2.68. The molecule has 1 aliphatic rings.